The standard InChI is InChI=1S/C13H26O/c1-10-6-5-7-12(10)11(2)8-9-13(3,4)14/h10-12,14H,5-9H2,1-4H3. The fourth-order valence-electron chi connectivity index (χ4n) is 2.81. The van der Waals surface area contributed by atoms with Gasteiger partial charge in [0.05, 0.1) is 5.60 Å². The van der Waals surface area contributed by atoms with Crippen molar-refractivity contribution < 1.29 is 5.11 Å². The molecule has 1 aliphatic carbocycles. The highest BCUT2D eigenvalue weighted by molar-refractivity contribution is 4.79. The summed E-state index contributed by atoms with van der Waals surface area (Å²) in [6, 6.07) is 0. The zero-order valence-electron chi connectivity index (χ0n) is 10.2. The largest absolute Gasteiger partial charge is 0.390 e. The van der Waals surface area contributed by atoms with E-state index in [0.717, 1.165) is 24.2 Å². The zero-order valence-corrected chi connectivity index (χ0v) is 10.2. The minimum atomic E-state index is -0.476. The van der Waals surface area contributed by atoms with Crippen LogP contribution in [0.4, 0.5) is 0 Å². The van der Waals surface area contributed by atoms with Crippen molar-refractivity contribution in [3.05, 3.63) is 0 Å². The van der Waals surface area contributed by atoms with E-state index in [1.165, 1.54) is 25.7 Å². The van der Waals surface area contributed by atoms with Crippen molar-refractivity contribution in [1.82, 2.24) is 0 Å². The molecule has 3 unspecified atom stereocenters. The molecule has 1 N–H and O–H groups in total. The third-order valence-electron chi connectivity index (χ3n) is 3.87. The number of aliphatic hydroxyl groups is 1. The highest BCUT2D eigenvalue weighted by atomic mass is 16.3. The summed E-state index contributed by atoms with van der Waals surface area (Å²) in [7, 11) is 0. The normalized spacial score (nSPS) is 30.6. The molecule has 0 heterocycles. The molecule has 0 saturated heterocycles. The zero-order chi connectivity index (χ0) is 10.8. The van der Waals surface area contributed by atoms with E-state index in [9.17, 15) is 5.11 Å². The molecule has 0 aromatic carbocycles. The Morgan fingerprint density at radius 1 is 1.36 bits per heavy atom. The van der Waals surface area contributed by atoms with Gasteiger partial charge < -0.3 is 5.11 Å². The van der Waals surface area contributed by atoms with Gasteiger partial charge in [-0.1, -0.05) is 26.7 Å². The van der Waals surface area contributed by atoms with Gasteiger partial charge in [0.2, 0.25) is 0 Å². The molecule has 84 valence electrons. The molecule has 3 atom stereocenters. The van der Waals surface area contributed by atoms with Gasteiger partial charge in [-0.05, 0) is 50.9 Å². The second-order valence-corrected chi connectivity index (χ2v) is 5.90. The lowest BCUT2D eigenvalue weighted by Crippen LogP contribution is -2.22. The first-order valence-electron chi connectivity index (χ1n) is 6.12. The van der Waals surface area contributed by atoms with E-state index in [1.54, 1.807) is 0 Å². The Kier molecular flexibility index (Phi) is 4.00. The maximum Gasteiger partial charge on any atom is 0.0591 e. The molecule has 0 aromatic rings. The third kappa shape index (κ3) is 3.61. The molecule has 14 heavy (non-hydrogen) atoms. The summed E-state index contributed by atoms with van der Waals surface area (Å²) in [5, 5.41) is 9.68. The lowest BCUT2D eigenvalue weighted by molar-refractivity contribution is 0.0596. The molecule has 0 radical (unpaired) electrons. The predicted molar refractivity (Wildman–Crippen MR) is 61.2 cm³/mol. The predicted octanol–water partition coefficient (Wildman–Crippen LogP) is 3.61. The van der Waals surface area contributed by atoms with Crippen LogP contribution in [0.5, 0.6) is 0 Å². The van der Waals surface area contributed by atoms with Crippen molar-refractivity contribution in [2.24, 2.45) is 17.8 Å². The lowest BCUT2D eigenvalue weighted by Gasteiger charge is -2.26. The Morgan fingerprint density at radius 3 is 2.43 bits per heavy atom. The average Bonchev–Trinajstić information content (AvgIpc) is 2.46. The minimum Gasteiger partial charge on any atom is -0.390 e. The molecule has 1 rings (SSSR count). The van der Waals surface area contributed by atoms with Gasteiger partial charge in [-0.15, -0.1) is 0 Å². The molecule has 0 aromatic heterocycles. The van der Waals surface area contributed by atoms with E-state index < -0.39 is 5.60 Å². The van der Waals surface area contributed by atoms with Gasteiger partial charge in [-0.2, -0.15) is 0 Å². The Balaban J connectivity index is 2.31. The second kappa shape index (κ2) is 4.65. The second-order valence-electron chi connectivity index (χ2n) is 5.90. The van der Waals surface area contributed by atoms with Crippen molar-refractivity contribution >= 4 is 0 Å². The van der Waals surface area contributed by atoms with Crippen molar-refractivity contribution in [2.75, 3.05) is 0 Å². The summed E-state index contributed by atoms with van der Waals surface area (Å²) in [4.78, 5) is 0. The van der Waals surface area contributed by atoms with Crippen molar-refractivity contribution in [1.29, 1.82) is 0 Å². The van der Waals surface area contributed by atoms with E-state index in [4.69, 9.17) is 0 Å². The lowest BCUT2D eigenvalue weighted by atomic mass is 9.81. The Hall–Kier alpha value is -0.0400. The van der Waals surface area contributed by atoms with E-state index >= 15 is 0 Å². The smallest absolute Gasteiger partial charge is 0.0591 e. The van der Waals surface area contributed by atoms with Gasteiger partial charge in [-0.25, -0.2) is 0 Å². The molecular formula is C13H26O. The molecule has 1 saturated carbocycles. The van der Waals surface area contributed by atoms with Gasteiger partial charge in [-0.3, -0.25) is 0 Å². The van der Waals surface area contributed by atoms with Crippen LogP contribution in [-0.4, -0.2) is 10.7 Å². The van der Waals surface area contributed by atoms with E-state index in [-0.39, 0.29) is 0 Å². The minimum absolute atomic E-state index is 0.476. The van der Waals surface area contributed by atoms with E-state index in [0.29, 0.717) is 0 Å². The van der Waals surface area contributed by atoms with Gasteiger partial charge in [0, 0.05) is 0 Å². The summed E-state index contributed by atoms with van der Waals surface area (Å²) >= 11 is 0. The van der Waals surface area contributed by atoms with Crippen molar-refractivity contribution in [2.45, 2.75) is 65.4 Å². The first-order chi connectivity index (χ1) is 6.40. The highest BCUT2D eigenvalue weighted by Crippen LogP contribution is 2.38. The molecule has 1 aliphatic rings. The Bertz CT molecular complexity index is 169. The molecule has 0 amide bonds. The van der Waals surface area contributed by atoms with Gasteiger partial charge in [0.25, 0.3) is 0 Å². The average molecular weight is 198 g/mol. The molecule has 0 spiro atoms. The van der Waals surface area contributed by atoms with Crippen LogP contribution in [0.25, 0.3) is 0 Å². The fraction of sp³-hybridized carbons (Fsp3) is 1.00. The number of rotatable bonds is 4. The van der Waals surface area contributed by atoms with Gasteiger partial charge >= 0.3 is 0 Å². The SMILES string of the molecule is CC1CCCC1C(C)CCC(C)(C)O. The summed E-state index contributed by atoms with van der Waals surface area (Å²) in [5.41, 5.74) is -0.476. The van der Waals surface area contributed by atoms with Gasteiger partial charge in [0.15, 0.2) is 0 Å². The fourth-order valence-corrected chi connectivity index (χ4v) is 2.81. The van der Waals surface area contributed by atoms with Gasteiger partial charge in [0.1, 0.15) is 0 Å². The summed E-state index contributed by atoms with van der Waals surface area (Å²) in [6.07, 6.45) is 6.36. The molecule has 1 nitrogen and oxygen atoms in total. The topological polar surface area (TPSA) is 20.2 Å². The monoisotopic (exact) mass is 198 g/mol. The molecular weight excluding hydrogens is 172 g/mol. The first-order valence-corrected chi connectivity index (χ1v) is 6.12. The molecule has 0 bridgehead atoms. The molecule has 1 heteroatoms. The third-order valence-corrected chi connectivity index (χ3v) is 3.87. The van der Waals surface area contributed by atoms with Crippen LogP contribution in [-0.2, 0) is 0 Å². The number of hydrogen-bond donors (Lipinski definition) is 1. The summed E-state index contributed by atoms with van der Waals surface area (Å²) < 4.78 is 0. The van der Waals surface area contributed by atoms with E-state index in [2.05, 4.69) is 13.8 Å². The maximum atomic E-state index is 9.68. The van der Waals surface area contributed by atoms with E-state index in [1.807, 2.05) is 13.8 Å². The van der Waals surface area contributed by atoms with Crippen molar-refractivity contribution in [3.63, 3.8) is 0 Å². The molecule has 1 fully saturated rings. The van der Waals surface area contributed by atoms with Crippen LogP contribution < -0.4 is 0 Å². The van der Waals surface area contributed by atoms with Crippen LogP contribution in [0.15, 0.2) is 0 Å². The van der Waals surface area contributed by atoms with Crippen LogP contribution in [0.1, 0.15) is 59.8 Å². The number of hydrogen-bond acceptors (Lipinski definition) is 1. The quantitative estimate of drug-likeness (QED) is 0.731. The summed E-state index contributed by atoms with van der Waals surface area (Å²) in [6.45, 7) is 8.58. The Morgan fingerprint density at radius 2 is 2.00 bits per heavy atom. The van der Waals surface area contributed by atoms with Crippen LogP contribution in [0.3, 0.4) is 0 Å². The highest BCUT2D eigenvalue weighted by Gasteiger charge is 2.28. The van der Waals surface area contributed by atoms with Crippen LogP contribution in [0.2, 0.25) is 0 Å². The van der Waals surface area contributed by atoms with Crippen LogP contribution >= 0.6 is 0 Å². The van der Waals surface area contributed by atoms with Crippen LogP contribution in [0, 0.1) is 17.8 Å². The maximum absolute atomic E-state index is 9.68. The summed E-state index contributed by atoms with van der Waals surface area (Å²) in [5.74, 6) is 2.61. The Labute approximate surface area is 88.9 Å². The first kappa shape index (κ1) is 12.0. The molecule has 0 aliphatic heterocycles. The van der Waals surface area contributed by atoms with Crippen molar-refractivity contribution in [3.8, 4) is 0 Å².